The SMILES string of the molecule is CC(C)COCCOc1ncc(N)cc1C(=O)O. The molecule has 6 nitrogen and oxygen atoms in total. The predicted molar refractivity (Wildman–Crippen MR) is 66.8 cm³/mol. The highest BCUT2D eigenvalue weighted by Crippen LogP contribution is 2.17. The van der Waals surface area contributed by atoms with E-state index in [1.165, 1.54) is 12.3 Å². The molecule has 0 atom stereocenters. The number of anilines is 1. The summed E-state index contributed by atoms with van der Waals surface area (Å²) in [6.45, 7) is 5.38. The normalized spacial score (nSPS) is 10.6. The minimum absolute atomic E-state index is 0.0427. The van der Waals surface area contributed by atoms with E-state index in [1.807, 2.05) is 13.8 Å². The minimum Gasteiger partial charge on any atom is -0.477 e. The molecule has 1 aromatic heterocycles. The van der Waals surface area contributed by atoms with Gasteiger partial charge in [0.05, 0.1) is 18.5 Å². The molecule has 100 valence electrons. The number of carboxylic acid groups (broad SMARTS) is 1. The van der Waals surface area contributed by atoms with Gasteiger partial charge in [0, 0.05) is 6.61 Å². The predicted octanol–water partition coefficient (Wildman–Crippen LogP) is 1.41. The van der Waals surface area contributed by atoms with E-state index < -0.39 is 5.97 Å². The van der Waals surface area contributed by atoms with Gasteiger partial charge in [0.1, 0.15) is 12.2 Å². The molecule has 1 heterocycles. The van der Waals surface area contributed by atoms with E-state index in [2.05, 4.69) is 4.98 Å². The van der Waals surface area contributed by atoms with Gasteiger partial charge in [-0.25, -0.2) is 9.78 Å². The summed E-state index contributed by atoms with van der Waals surface area (Å²) in [4.78, 5) is 14.8. The van der Waals surface area contributed by atoms with Crippen LogP contribution in [0.1, 0.15) is 24.2 Å². The minimum atomic E-state index is -1.12. The molecule has 0 aliphatic rings. The molecule has 0 saturated carbocycles. The third-order valence-electron chi connectivity index (χ3n) is 2.02. The number of pyridine rings is 1. The number of nitrogens with two attached hydrogens (primary N) is 1. The number of hydrogen-bond acceptors (Lipinski definition) is 5. The Hall–Kier alpha value is -1.82. The van der Waals surface area contributed by atoms with Crippen molar-refractivity contribution in [2.45, 2.75) is 13.8 Å². The largest absolute Gasteiger partial charge is 0.477 e. The van der Waals surface area contributed by atoms with E-state index in [-0.39, 0.29) is 23.7 Å². The second-order valence-electron chi connectivity index (χ2n) is 4.24. The number of aromatic carboxylic acids is 1. The third-order valence-corrected chi connectivity index (χ3v) is 2.02. The highest BCUT2D eigenvalue weighted by molar-refractivity contribution is 5.91. The van der Waals surface area contributed by atoms with Gasteiger partial charge < -0.3 is 20.3 Å². The van der Waals surface area contributed by atoms with Gasteiger partial charge in [0.25, 0.3) is 0 Å². The Morgan fingerprint density at radius 1 is 1.50 bits per heavy atom. The van der Waals surface area contributed by atoms with Crippen LogP contribution in [0.2, 0.25) is 0 Å². The van der Waals surface area contributed by atoms with Crippen LogP contribution in [0.5, 0.6) is 5.88 Å². The molecule has 0 unspecified atom stereocenters. The molecule has 0 aromatic carbocycles. The Morgan fingerprint density at radius 3 is 2.83 bits per heavy atom. The Labute approximate surface area is 106 Å². The van der Waals surface area contributed by atoms with Gasteiger partial charge in [-0.1, -0.05) is 13.8 Å². The van der Waals surface area contributed by atoms with Crippen LogP contribution in [0, 0.1) is 5.92 Å². The second-order valence-corrected chi connectivity index (χ2v) is 4.24. The van der Waals surface area contributed by atoms with E-state index in [1.54, 1.807) is 0 Å². The molecule has 1 aromatic rings. The fourth-order valence-electron chi connectivity index (χ4n) is 1.25. The Morgan fingerprint density at radius 2 is 2.22 bits per heavy atom. The van der Waals surface area contributed by atoms with Crippen LogP contribution in [0.25, 0.3) is 0 Å². The molecule has 6 heteroatoms. The number of aromatic nitrogens is 1. The van der Waals surface area contributed by atoms with Crippen molar-refractivity contribution in [2.75, 3.05) is 25.6 Å². The number of ether oxygens (including phenoxy) is 2. The maximum Gasteiger partial charge on any atom is 0.341 e. The van der Waals surface area contributed by atoms with E-state index in [4.69, 9.17) is 20.3 Å². The molecule has 0 spiro atoms. The monoisotopic (exact) mass is 254 g/mol. The molecular formula is C12H18N2O4. The lowest BCUT2D eigenvalue weighted by Crippen LogP contribution is -2.13. The number of nitrogens with zero attached hydrogens (tertiary/aromatic N) is 1. The summed E-state index contributed by atoms with van der Waals surface area (Å²) in [5.41, 5.74) is 5.71. The number of carbonyl (C=O) groups is 1. The first kappa shape index (κ1) is 14.2. The zero-order valence-electron chi connectivity index (χ0n) is 10.5. The lowest BCUT2D eigenvalue weighted by molar-refractivity contribution is 0.0673. The molecule has 3 N–H and O–H groups in total. The summed E-state index contributed by atoms with van der Waals surface area (Å²) in [6, 6.07) is 1.32. The quantitative estimate of drug-likeness (QED) is 0.714. The number of hydrogen-bond donors (Lipinski definition) is 2. The van der Waals surface area contributed by atoms with Gasteiger partial charge in [-0.15, -0.1) is 0 Å². The molecule has 1 rings (SSSR count). The highest BCUT2D eigenvalue weighted by atomic mass is 16.5. The summed E-state index contributed by atoms with van der Waals surface area (Å²) in [6.07, 6.45) is 1.36. The first-order chi connectivity index (χ1) is 8.50. The summed E-state index contributed by atoms with van der Waals surface area (Å²) >= 11 is 0. The number of nitrogen functional groups attached to an aromatic ring is 1. The second kappa shape index (κ2) is 6.80. The van der Waals surface area contributed by atoms with Gasteiger partial charge in [-0.3, -0.25) is 0 Å². The van der Waals surface area contributed by atoms with Gasteiger partial charge in [-0.2, -0.15) is 0 Å². The van der Waals surface area contributed by atoms with Crippen molar-refractivity contribution in [3.05, 3.63) is 17.8 Å². The van der Waals surface area contributed by atoms with Crippen LogP contribution in [0.3, 0.4) is 0 Å². The van der Waals surface area contributed by atoms with Gasteiger partial charge in [-0.05, 0) is 12.0 Å². The molecule has 0 bridgehead atoms. The van der Waals surface area contributed by atoms with Crippen LogP contribution in [-0.2, 0) is 4.74 Å². The third kappa shape index (κ3) is 4.58. The molecule has 0 saturated heterocycles. The average molecular weight is 254 g/mol. The zero-order valence-corrected chi connectivity index (χ0v) is 10.5. The van der Waals surface area contributed by atoms with Crippen LogP contribution in [0.4, 0.5) is 5.69 Å². The van der Waals surface area contributed by atoms with Gasteiger partial charge in [0.2, 0.25) is 5.88 Å². The van der Waals surface area contributed by atoms with Crippen LogP contribution >= 0.6 is 0 Å². The van der Waals surface area contributed by atoms with Crippen LogP contribution in [0.15, 0.2) is 12.3 Å². The van der Waals surface area contributed by atoms with Crippen molar-refractivity contribution in [1.82, 2.24) is 4.98 Å². The standard InChI is InChI=1S/C12H18N2O4/c1-8(2)7-17-3-4-18-11-10(12(15)16)5-9(13)6-14-11/h5-6,8H,3-4,7,13H2,1-2H3,(H,15,16). The Balaban J connectivity index is 2.49. The van der Waals surface area contributed by atoms with Gasteiger partial charge in [0.15, 0.2) is 0 Å². The molecule has 0 radical (unpaired) electrons. The van der Waals surface area contributed by atoms with Crippen molar-refractivity contribution in [2.24, 2.45) is 5.92 Å². The zero-order chi connectivity index (χ0) is 13.5. The summed E-state index contributed by atoms with van der Waals surface area (Å²) in [7, 11) is 0. The summed E-state index contributed by atoms with van der Waals surface area (Å²) < 4.78 is 10.6. The molecule has 0 aliphatic heterocycles. The number of rotatable bonds is 7. The Bertz CT molecular complexity index is 407. The first-order valence-corrected chi connectivity index (χ1v) is 5.70. The van der Waals surface area contributed by atoms with E-state index in [0.29, 0.717) is 19.1 Å². The van der Waals surface area contributed by atoms with Crippen molar-refractivity contribution >= 4 is 11.7 Å². The van der Waals surface area contributed by atoms with E-state index in [9.17, 15) is 4.79 Å². The fourth-order valence-corrected chi connectivity index (χ4v) is 1.25. The Kier molecular flexibility index (Phi) is 5.38. The number of carboxylic acids is 1. The van der Waals surface area contributed by atoms with Crippen molar-refractivity contribution in [1.29, 1.82) is 0 Å². The average Bonchev–Trinajstić information content (AvgIpc) is 2.29. The summed E-state index contributed by atoms with van der Waals surface area (Å²) in [5.74, 6) is -0.605. The smallest absolute Gasteiger partial charge is 0.341 e. The lowest BCUT2D eigenvalue weighted by Gasteiger charge is -2.10. The van der Waals surface area contributed by atoms with Crippen LogP contribution in [-0.4, -0.2) is 35.9 Å². The highest BCUT2D eigenvalue weighted by Gasteiger charge is 2.13. The lowest BCUT2D eigenvalue weighted by atomic mass is 10.2. The maximum atomic E-state index is 10.9. The fraction of sp³-hybridized carbons (Fsp3) is 0.500. The molecule has 0 fully saturated rings. The molecule has 18 heavy (non-hydrogen) atoms. The van der Waals surface area contributed by atoms with Crippen LogP contribution < -0.4 is 10.5 Å². The topological polar surface area (TPSA) is 94.7 Å². The molecular weight excluding hydrogens is 236 g/mol. The van der Waals surface area contributed by atoms with Crippen molar-refractivity contribution in [3.63, 3.8) is 0 Å². The maximum absolute atomic E-state index is 10.9. The van der Waals surface area contributed by atoms with Crippen molar-refractivity contribution in [3.8, 4) is 5.88 Å². The van der Waals surface area contributed by atoms with Gasteiger partial charge >= 0.3 is 5.97 Å². The molecule has 0 aliphatic carbocycles. The first-order valence-electron chi connectivity index (χ1n) is 5.70. The van der Waals surface area contributed by atoms with E-state index >= 15 is 0 Å². The van der Waals surface area contributed by atoms with E-state index in [0.717, 1.165) is 0 Å². The summed E-state index contributed by atoms with van der Waals surface area (Å²) in [5, 5.41) is 8.96. The van der Waals surface area contributed by atoms with Crippen molar-refractivity contribution < 1.29 is 19.4 Å². The molecule has 0 amide bonds.